The van der Waals surface area contributed by atoms with Gasteiger partial charge < -0.3 is 0 Å². The highest BCUT2D eigenvalue weighted by Gasteiger charge is 2.36. The van der Waals surface area contributed by atoms with Gasteiger partial charge in [-0.25, -0.2) is 0 Å². The molecule has 1 aliphatic carbocycles. The summed E-state index contributed by atoms with van der Waals surface area (Å²) in [6.07, 6.45) is 3.34. The summed E-state index contributed by atoms with van der Waals surface area (Å²) in [4.78, 5) is 0. The molecule has 10 heavy (non-hydrogen) atoms. The van der Waals surface area contributed by atoms with Gasteiger partial charge in [-0.15, -0.1) is 0 Å². The molecule has 0 bridgehead atoms. The van der Waals surface area contributed by atoms with E-state index in [1.807, 2.05) is 0 Å². The van der Waals surface area contributed by atoms with Crippen LogP contribution in [0.1, 0.15) is 34.1 Å². The van der Waals surface area contributed by atoms with Crippen molar-refractivity contribution in [2.45, 2.75) is 34.1 Å². The maximum atomic E-state index is 6.05. The first-order chi connectivity index (χ1) is 4.33. The molecule has 0 aromatic rings. The van der Waals surface area contributed by atoms with Crippen LogP contribution in [0.2, 0.25) is 0 Å². The van der Waals surface area contributed by atoms with E-state index in [1.54, 1.807) is 0 Å². The zero-order chi connectivity index (χ0) is 7.99. The fraction of sp³-hybridized carbons (Fsp3) is 0.778. The van der Waals surface area contributed by atoms with Crippen molar-refractivity contribution in [1.29, 1.82) is 0 Å². The lowest BCUT2D eigenvalue weighted by atomic mass is 9.83. The molecule has 1 heteroatoms. The van der Waals surface area contributed by atoms with Crippen molar-refractivity contribution in [2.75, 3.05) is 0 Å². The van der Waals surface area contributed by atoms with Gasteiger partial charge in [0.1, 0.15) is 0 Å². The van der Waals surface area contributed by atoms with Gasteiger partial charge in [0.05, 0.1) is 0 Å². The molecule has 0 radical (unpaired) electrons. The predicted molar refractivity (Wildman–Crippen MR) is 46.1 cm³/mol. The molecule has 0 amide bonds. The van der Waals surface area contributed by atoms with Gasteiger partial charge in [-0.05, 0) is 11.8 Å². The maximum absolute atomic E-state index is 6.05. The molecule has 0 aliphatic heterocycles. The third-order valence-corrected chi connectivity index (χ3v) is 2.68. The van der Waals surface area contributed by atoms with Crippen LogP contribution in [0, 0.1) is 10.8 Å². The van der Waals surface area contributed by atoms with Gasteiger partial charge >= 0.3 is 0 Å². The zero-order valence-corrected chi connectivity index (χ0v) is 7.92. The van der Waals surface area contributed by atoms with Crippen LogP contribution in [-0.2, 0) is 0 Å². The Balaban J connectivity index is 2.89. The lowest BCUT2D eigenvalue weighted by Crippen LogP contribution is -2.12. The number of rotatable bonds is 0. The van der Waals surface area contributed by atoms with Crippen molar-refractivity contribution in [1.82, 2.24) is 0 Å². The Morgan fingerprint density at radius 1 is 1.30 bits per heavy atom. The average Bonchev–Trinajstić information content (AvgIpc) is 1.73. The Morgan fingerprint density at radius 2 is 1.80 bits per heavy atom. The zero-order valence-electron chi connectivity index (χ0n) is 7.16. The highest BCUT2D eigenvalue weighted by molar-refractivity contribution is 6.30. The minimum Gasteiger partial charge on any atom is -0.0889 e. The van der Waals surface area contributed by atoms with Crippen LogP contribution in [0.4, 0.5) is 0 Å². The molecule has 0 fully saturated rings. The summed E-state index contributed by atoms with van der Waals surface area (Å²) in [5.74, 6) is 0. The fourth-order valence-electron chi connectivity index (χ4n) is 1.81. The molecular formula is C9H15Cl. The van der Waals surface area contributed by atoms with E-state index in [-0.39, 0.29) is 5.41 Å². The van der Waals surface area contributed by atoms with Crippen LogP contribution in [0.25, 0.3) is 0 Å². The van der Waals surface area contributed by atoms with E-state index in [9.17, 15) is 0 Å². The topological polar surface area (TPSA) is 0 Å². The second-order valence-electron chi connectivity index (χ2n) is 4.54. The summed E-state index contributed by atoms with van der Waals surface area (Å²) in [7, 11) is 0. The van der Waals surface area contributed by atoms with Crippen LogP contribution in [0.5, 0.6) is 0 Å². The van der Waals surface area contributed by atoms with E-state index < -0.39 is 0 Å². The second-order valence-corrected chi connectivity index (χ2v) is 4.95. The molecule has 0 unspecified atom stereocenters. The predicted octanol–water partition coefficient (Wildman–Crippen LogP) is 3.57. The Hall–Kier alpha value is 0.0300. The molecule has 0 atom stereocenters. The van der Waals surface area contributed by atoms with E-state index in [0.717, 1.165) is 5.03 Å². The molecular weight excluding hydrogens is 144 g/mol. The van der Waals surface area contributed by atoms with Crippen LogP contribution < -0.4 is 0 Å². The summed E-state index contributed by atoms with van der Waals surface area (Å²) in [5.41, 5.74) is 0.519. The Bertz CT molecular complexity index is 175. The average molecular weight is 159 g/mol. The number of hydrogen-bond donors (Lipinski definition) is 0. The van der Waals surface area contributed by atoms with Gasteiger partial charge in [0.15, 0.2) is 0 Å². The Labute approximate surface area is 68.3 Å². The molecule has 0 saturated carbocycles. The number of allylic oxidation sites excluding steroid dienone is 2. The summed E-state index contributed by atoms with van der Waals surface area (Å²) < 4.78 is 0. The normalized spacial score (nSPS) is 28.3. The van der Waals surface area contributed by atoms with E-state index in [2.05, 4.69) is 33.8 Å². The lowest BCUT2D eigenvalue weighted by Gasteiger charge is -2.22. The van der Waals surface area contributed by atoms with Crippen LogP contribution in [0.15, 0.2) is 11.1 Å². The molecule has 0 N–H and O–H groups in total. The van der Waals surface area contributed by atoms with Gasteiger partial charge in [0.25, 0.3) is 0 Å². The van der Waals surface area contributed by atoms with Crippen molar-refractivity contribution in [3.8, 4) is 0 Å². The van der Waals surface area contributed by atoms with Crippen molar-refractivity contribution < 1.29 is 0 Å². The monoisotopic (exact) mass is 158 g/mol. The smallest absolute Gasteiger partial charge is 0.0203 e. The molecule has 58 valence electrons. The molecule has 0 aromatic carbocycles. The van der Waals surface area contributed by atoms with Gasteiger partial charge in [-0.1, -0.05) is 45.4 Å². The van der Waals surface area contributed by atoms with E-state index in [4.69, 9.17) is 11.6 Å². The van der Waals surface area contributed by atoms with Crippen molar-refractivity contribution >= 4 is 11.6 Å². The van der Waals surface area contributed by atoms with Gasteiger partial charge in [-0.3, -0.25) is 0 Å². The Morgan fingerprint density at radius 3 is 1.90 bits per heavy atom. The van der Waals surface area contributed by atoms with E-state index in [0.29, 0.717) is 5.41 Å². The highest BCUT2D eigenvalue weighted by atomic mass is 35.5. The lowest BCUT2D eigenvalue weighted by molar-refractivity contribution is 0.331. The SMILES string of the molecule is CC1(C)C=C(Cl)C(C)(C)C1. The minimum atomic E-state index is 0.213. The quantitative estimate of drug-likeness (QED) is 0.506. The van der Waals surface area contributed by atoms with Crippen molar-refractivity contribution in [2.24, 2.45) is 10.8 Å². The van der Waals surface area contributed by atoms with Gasteiger partial charge in [0.2, 0.25) is 0 Å². The highest BCUT2D eigenvalue weighted by Crippen LogP contribution is 2.49. The molecule has 0 saturated heterocycles. The summed E-state index contributed by atoms with van der Waals surface area (Å²) in [6, 6.07) is 0. The number of halogens is 1. The maximum Gasteiger partial charge on any atom is 0.0203 e. The van der Waals surface area contributed by atoms with Gasteiger partial charge in [-0.2, -0.15) is 0 Å². The van der Waals surface area contributed by atoms with Gasteiger partial charge in [0, 0.05) is 10.4 Å². The summed E-state index contributed by atoms with van der Waals surface area (Å²) >= 11 is 6.05. The van der Waals surface area contributed by atoms with Crippen LogP contribution in [-0.4, -0.2) is 0 Å². The van der Waals surface area contributed by atoms with E-state index in [1.165, 1.54) is 6.42 Å². The summed E-state index contributed by atoms with van der Waals surface area (Å²) in [5, 5.41) is 1.03. The van der Waals surface area contributed by atoms with E-state index >= 15 is 0 Å². The third kappa shape index (κ3) is 1.37. The standard InChI is InChI=1S/C9H15Cl/c1-8(2)5-7(10)9(3,4)6-8/h5H,6H2,1-4H3. The molecule has 1 aliphatic rings. The Kier molecular flexibility index (Phi) is 1.63. The minimum absolute atomic E-state index is 0.213. The molecule has 0 aromatic heterocycles. The number of hydrogen-bond acceptors (Lipinski definition) is 0. The van der Waals surface area contributed by atoms with Crippen molar-refractivity contribution in [3.63, 3.8) is 0 Å². The molecule has 0 spiro atoms. The largest absolute Gasteiger partial charge is 0.0889 e. The second kappa shape index (κ2) is 2.01. The van der Waals surface area contributed by atoms with Crippen molar-refractivity contribution in [3.05, 3.63) is 11.1 Å². The first-order valence-electron chi connectivity index (χ1n) is 3.72. The van der Waals surface area contributed by atoms with Crippen LogP contribution >= 0.6 is 11.6 Å². The third-order valence-electron chi connectivity index (χ3n) is 2.06. The first-order valence-corrected chi connectivity index (χ1v) is 4.10. The van der Waals surface area contributed by atoms with Crippen LogP contribution in [0.3, 0.4) is 0 Å². The molecule has 1 rings (SSSR count). The molecule has 0 nitrogen and oxygen atoms in total. The molecule has 0 heterocycles. The first kappa shape index (κ1) is 8.13. The fourth-order valence-corrected chi connectivity index (χ4v) is 2.18. The summed E-state index contributed by atoms with van der Waals surface area (Å²) in [6.45, 7) is 8.84.